The maximum Gasteiger partial charge on any atom is 0.0794 e. The number of hydrogen-bond donors (Lipinski definition) is 1. The molecule has 1 rings (SSSR count). The van der Waals surface area contributed by atoms with Gasteiger partial charge in [0, 0.05) is 24.5 Å². The molecule has 0 aliphatic rings. The summed E-state index contributed by atoms with van der Waals surface area (Å²) < 4.78 is 0. The average Bonchev–Trinajstić information content (AvgIpc) is 2.40. The van der Waals surface area contributed by atoms with E-state index in [9.17, 15) is 0 Å². The maximum absolute atomic E-state index is 4.12. The molecule has 1 aromatic heterocycles. The summed E-state index contributed by atoms with van der Waals surface area (Å²) in [6.45, 7) is 3.80. The van der Waals surface area contributed by atoms with E-state index < -0.39 is 0 Å². The highest BCUT2D eigenvalue weighted by atomic mass is 32.1. The van der Waals surface area contributed by atoms with Gasteiger partial charge in [0.05, 0.1) is 11.2 Å². The van der Waals surface area contributed by atoms with Crippen LogP contribution in [-0.2, 0) is 6.42 Å². The van der Waals surface area contributed by atoms with Crippen LogP contribution < -0.4 is 5.32 Å². The topological polar surface area (TPSA) is 24.9 Å². The predicted molar refractivity (Wildman–Crippen MR) is 44.0 cm³/mol. The van der Waals surface area contributed by atoms with Crippen molar-refractivity contribution in [2.75, 3.05) is 7.05 Å². The van der Waals surface area contributed by atoms with E-state index in [1.807, 2.05) is 17.9 Å². The minimum Gasteiger partial charge on any atom is -0.392 e. The molecule has 0 saturated heterocycles. The first-order valence-corrected chi connectivity index (χ1v) is 4.00. The molecule has 0 aliphatic carbocycles. The Balaban J connectivity index is 2.48. The molecule has 0 unspecified atom stereocenters. The van der Waals surface area contributed by atoms with Crippen LogP contribution in [-0.4, -0.2) is 12.0 Å². The minimum atomic E-state index is 0.833. The third kappa shape index (κ3) is 1.84. The SMILES string of the molecule is C=C(Cc1cscn1)NC. The number of nitrogens with zero attached hydrogens (tertiary/aromatic N) is 1. The van der Waals surface area contributed by atoms with Gasteiger partial charge in [-0.05, 0) is 0 Å². The first-order chi connectivity index (χ1) is 4.83. The molecule has 0 radical (unpaired) electrons. The summed E-state index contributed by atoms with van der Waals surface area (Å²) in [4.78, 5) is 4.12. The molecule has 0 bridgehead atoms. The van der Waals surface area contributed by atoms with Gasteiger partial charge in [-0.3, -0.25) is 0 Å². The fraction of sp³-hybridized carbons (Fsp3) is 0.286. The molecule has 0 spiro atoms. The first-order valence-electron chi connectivity index (χ1n) is 3.05. The molecule has 3 heteroatoms. The maximum atomic E-state index is 4.12. The second kappa shape index (κ2) is 3.37. The van der Waals surface area contributed by atoms with Crippen molar-refractivity contribution in [3.63, 3.8) is 0 Å². The largest absolute Gasteiger partial charge is 0.392 e. The summed E-state index contributed by atoms with van der Waals surface area (Å²) in [6, 6.07) is 0. The van der Waals surface area contributed by atoms with E-state index in [2.05, 4.69) is 16.9 Å². The summed E-state index contributed by atoms with van der Waals surface area (Å²) in [7, 11) is 1.87. The molecule has 0 aliphatic heterocycles. The Morgan fingerprint density at radius 1 is 1.90 bits per heavy atom. The van der Waals surface area contributed by atoms with Gasteiger partial charge in [0.25, 0.3) is 0 Å². The summed E-state index contributed by atoms with van der Waals surface area (Å²) in [6.07, 6.45) is 0.833. The second-order valence-electron chi connectivity index (χ2n) is 2.01. The third-order valence-corrected chi connectivity index (χ3v) is 1.87. The fourth-order valence-corrected chi connectivity index (χ4v) is 1.19. The quantitative estimate of drug-likeness (QED) is 0.712. The van der Waals surface area contributed by atoms with Crippen molar-refractivity contribution in [2.45, 2.75) is 6.42 Å². The Kier molecular flexibility index (Phi) is 2.45. The highest BCUT2D eigenvalue weighted by Gasteiger charge is 1.94. The lowest BCUT2D eigenvalue weighted by molar-refractivity contribution is 0.911. The zero-order chi connectivity index (χ0) is 7.40. The van der Waals surface area contributed by atoms with Crippen LogP contribution in [0.25, 0.3) is 0 Å². The number of likely N-dealkylation sites (N-methyl/N-ethyl adjacent to an activating group) is 1. The van der Waals surface area contributed by atoms with E-state index in [0.717, 1.165) is 17.8 Å². The van der Waals surface area contributed by atoms with E-state index in [0.29, 0.717) is 0 Å². The van der Waals surface area contributed by atoms with Gasteiger partial charge >= 0.3 is 0 Å². The van der Waals surface area contributed by atoms with Gasteiger partial charge in [0.15, 0.2) is 0 Å². The molecule has 0 fully saturated rings. The minimum absolute atomic E-state index is 0.833. The van der Waals surface area contributed by atoms with E-state index >= 15 is 0 Å². The van der Waals surface area contributed by atoms with Gasteiger partial charge < -0.3 is 5.32 Å². The number of thiazole rings is 1. The van der Waals surface area contributed by atoms with Crippen LogP contribution in [0.3, 0.4) is 0 Å². The zero-order valence-electron chi connectivity index (χ0n) is 5.92. The normalized spacial score (nSPS) is 9.30. The lowest BCUT2D eigenvalue weighted by atomic mass is 10.3. The van der Waals surface area contributed by atoms with Crippen LogP contribution >= 0.6 is 11.3 Å². The lowest BCUT2D eigenvalue weighted by Gasteiger charge is -1.99. The van der Waals surface area contributed by atoms with Crippen molar-refractivity contribution in [3.05, 3.63) is 28.9 Å². The molecule has 10 heavy (non-hydrogen) atoms. The van der Waals surface area contributed by atoms with E-state index in [4.69, 9.17) is 0 Å². The molecule has 0 saturated carbocycles. The third-order valence-electron chi connectivity index (χ3n) is 1.23. The first kappa shape index (κ1) is 7.28. The Morgan fingerprint density at radius 3 is 3.20 bits per heavy atom. The van der Waals surface area contributed by atoms with Crippen LogP contribution in [0.4, 0.5) is 0 Å². The summed E-state index contributed by atoms with van der Waals surface area (Å²) in [5.41, 5.74) is 3.92. The number of rotatable bonds is 3. The second-order valence-corrected chi connectivity index (χ2v) is 2.73. The van der Waals surface area contributed by atoms with Crippen LogP contribution in [0.5, 0.6) is 0 Å². The van der Waals surface area contributed by atoms with Crippen LogP contribution in [0, 0.1) is 0 Å². The number of hydrogen-bond acceptors (Lipinski definition) is 3. The zero-order valence-corrected chi connectivity index (χ0v) is 6.74. The molecule has 0 aromatic carbocycles. The molecular weight excluding hydrogens is 144 g/mol. The summed E-state index contributed by atoms with van der Waals surface area (Å²) in [5, 5.41) is 5.00. The van der Waals surface area contributed by atoms with Crippen molar-refractivity contribution in [1.29, 1.82) is 0 Å². The van der Waals surface area contributed by atoms with E-state index in [1.54, 1.807) is 11.3 Å². The lowest BCUT2D eigenvalue weighted by Crippen LogP contribution is -2.06. The number of allylic oxidation sites excluding steroid dienone is 1. The summed E-state index contributed by atoms with van der Waals surface area (Å²) >= 11 is 1.61. The van der Waals surface area contributed by atoms with Gasteiger partial charge in [-0.25, -0.2) is 4.98 Å². The van der Waals surface area contributed by atoms with Crippen molar-refractivity contribution < 1.29 is 0 Å². The smallest absolute Gasteiger partial charge is 0.0794 e. The van der Waals surface area contributed by atoms with Crippen molar-refractivity contribution in [2.24, 2.45) is 0 Å². The van der Waals surface area contributed by atoms with Crippen molar-refractivity contribution >= 4 is 11.3 Å². The molecule has 54 valence electrons. The highest BCUT2D eigenvalue weighted by Crippen LogP contribution is 2.04. The summed E-state index contributed by atoms with van der Waals surface area (Å²) in [5.74, 6) is 0. The van der Waals surface area contributed by atoms with E-state index in [-0.39, 0.29) is 0 Å². The van der Waals surface area contributed by atoms with E-state index in [1.165, 1.54) is 0 Å². The standard InChI is InChI=1S/C7H10N2S/c1-6(8-2)3-7-4-10-5-9-7/h4-5,8H,1,3H2,2H3. The Hall–Kier alpha value is -0.830. The van der Waals surface area contributed by atoms with Crippen molar-refractivity contribution in [3.8, 4) is 0 Å². The van der Waals surface area contributed by atoms with Crippen LogP contribution in [0.15, 0.2) is 23.2 Å². The van der Waals surface area contributed by atoms with Gasteiger partial charge in [-0.2, -0.15) is 0 Å². The number of nitrogens with one attached hydrogen (secondary N) is 1. The molecule has 1 heterocycles. The average molecular weight is 154 g/mol. The molecule has 1 N–H and O–H groups in total. The van der Waals surface area contributed by atoms with Gasteiger partial charge in [0.1, 0.15) is 0 Å². The van der Waals surface area contributed by atoms with Crippen molar-refractivity contribution in [1.82, 2.24) is 10.3 Å². The molecule has 1 aromatic rings. The predicted octanol–water partition coefficient (Wildman–Crippen LogP) is 1.42. The molecule has 0 amide bonds. The molecule has 0 atom stereocenters. The Morgan fingerprint density at radius 2 is 2.70 bits per heavy atom. The molecular formula is C7H10N2S. The Bertz CT molecular complexity index is 203. The van der Waals surface area contributed by atoms with Gasteiger partial charge in [-0.1, -0.05) is 6.58 Å². The van der Waals surface area contributed by atoms with Gasteiger partial charge in [-0.15, -0.1) is 11.3 Å². The van der Waals surface area contributed by atoms with Crippen LogP contribution in [0.2, 0.25) is 0 Å². The Labute approximate surface area is 64.6 Å². The molecule has 2 nitrogen and oxygen atoms in total. The highest BCUT2D eigenvalue weighted by molar-refractivity contribution is 7.07. The number of aromatic nitrogens is 1. The van der Waals surface area contributed by atoms with Crippen LogP contribution in [0.1, 0.15) is 5.69 Å². The van der Waals surface area contributed by atoms with Gasteiger partial charge in [0.2, 0.25) is 0 Å². The fourth-order valence-electron chi connectivity index (χ4n) is 0.632. The monoisotopic (exact) mass is 154 g/mol.